The van der Waals surface area contributed by atoms with Crippen LogP contribution in [0.4, 0.5) is 10.1 Å². The number of benzene rings is 4. The number of primary amides is 1. The molecule has 1 aliphatic carbocycles. The number of nitrogens with zero attached hydrogens (tertiary/aromatic N) is 1. The van der Waals surface area contributed by atoms with E-state index in [0.717, 1.165) is 41.7 Å². The Balaban J connectivity index is 0.824. The van der Waals surface area contributed by atoms with Gasteiger partial charge in [-0.2, -0.15) is 0 Å². The van der Waals surface area contributed by atoms with Crippen molar-refractivity contribution in [2.75, 3.05) is 71.7 Å². The van der Waals surface area contributed by atoms with Gasteiger partial charge in [0, 0.05) is 72.9 Å². The molecule has 0 bridgehead atoms. The lowest BCUT2D eigenvalue weighted by Crippen LogP contribution is -2.54. The molecule has 3 aliphatic rings. The number of methoxy groups -OCH3 is 1. The smallest absolute Gasteiger partial charge is 0.264 e. The fraction of sp³-hybridized carbons (Fsp3) is 0.400. The molecule has 2 unspecified atom stereocenters. The predicted molar refractivity (Wildman–Crippen MR) is 251 cm³/mol. The molecular formula is C50H56ClFN6O10. The van der Waals surface area contributed by atoms with Crippen molar-refractivity contribution in [2.24, 2.45) is 11.7 Å². The van der Waals surface area contributed by atoms with Crippen LogP contribution in [0.15, 0.2) is 78.9 Å². The number of nitrogens with one attached hydrogen (secondary N) is 4. The topological polar surface area (TPSA) is 217 Å². The van der Waals surface area contributed by atoms with E-state index in [1.54, 1.807) is 24.3 Å². The average molecular weight is 955 g/mol. The Bertz CT molecular complexity index is 2490. The van der Waals surface area contributed by atoms with Gasteiger partial charge in [0.1, 0.15) is 12.6 Å². The molecule has 4 aromatic carbocycles. The SMILES string of the molecule is COCCOc1ccc(C(N)=O)c(-c2cc(C(CNC3CCC(C(=O)NCCOCCOCCNc4cccc5c4C(=O)N(C4CCC(=O)NC4=O)C5=O)CC3)c3ccccc3)ccc2Cl)c1F. The van der Waals surface area contributed by atoms with E-state index < -0.39 is 41.4 Å². The molecule has 2 aliphatic heterocycles. The third-order valence-corrected chi connectivity index (χ3v) is 12.8. The van der Waals surface area contributed by atoms with Gasteiger partial charge in [0.2, 0.25) is 23.6 Å². The van der Waals surface area contributed by atoms with Gasteiger partial charge in [-0.15, -0.1) is 0 Å². The fourth-order valence-corrected chi connectivity index (χ4v) is 9.13. The average Bonchev–Trinajstić information content (AvgIpc) is 3.59. The van der Waals surface area contributed by atoms with Crippen molar-refractivity contribution in [3.05, 3.63) is 118 Å². The maximum atomic E-state index is 16.1. The lowest BCUT2D eigenvalue weighted by atomic mass is 9.84. The molecule has 18 heteroatoms. The third-order valence-electron chi connectivity index (χ3n) is 12.4. The molecule has 68 heavy (non-hydrogen) atoms. The largest absolute Gasteiger partial charge is 0.488 e. The van der Waals surface area contributed by atoms with Gasteiger partial charge in [0.15, 0.2) is 11.6 Å². The van der Waals surface area contributed by atoms with E-state index in [1.807, 2.05) is 36.4 Å². The minimum atomic E-state index is -1.04. The van der Waals surface area contributed by atoms with Gasteiger partial charge >= 0.3 is 0 Å². The number of rotatable bonds is 23. The van der Waals surface area contributed by atoms with Crippen LogP contribution >= 0.6 is 11.6 Å². The van der Waals surface area contributed by atoms with Crippen molar-refractivity contribution in [2.45, 2.75) is 56.5 Å². The van der Waals surface area contributed by atoms with Crippen LogP contribution in [-0.4, -0.2) is 119 Å². The van der Waals surface area contributed by atoms with Crippen LogP contribution < -0.4 is 31.7 Å². The monoisotopic (exact) mass is 954 g/mol. The van der Waals surface area contributed by atoms with Crippen molar-refractivity contribution < 1.29 is 52.1 Å². The highest BCUT2D eigenvalue weighted by Gasteiger charge is 2.45. The van der Waals surface area contributed by atoms with Crippen molar-refractivity contribution >= 4 is 52.7 Å². The quantitative estimate of drug-likeness (QED) is 0.0479. The number of halogens is 2. The predicted octanol–water partition coefficient (Wildman–Crippen LogP) is 5.21. The Kier molecular flexibility index (Phi) is 17.3. The molecule has 2 heterocycles. The lowest BCUT2D eigenvalue weighted by Gasteiger charge is -2.30. The van der Waals surface area contributed by atoms with E-state index in [4.69, 9.17) is 36.3 Å². The first kappa shape index (κ1) is 49.7. The number of hydrogen-bond donors (Lipinski definition) is 5. The Labute approximate surface area is 398 Å². The molecule has 16 nitrogen and oxygen atoms in total. The Morgan fingerprint density at radius 1 is 0.809 bits per heavy atom. The van der Waals surface area contributed by atoms with E-state index in [2.05, 4.69) is 21.3 Å². The number of hydrogen-bond acceptors (Lipinski definition) is 12. The molecule has 1 saturated carbocycles. The van der Waals surface area contributed by atoms with Gasteiger partial charge in [-0.1, -0.05) is 54.1 Å². The van der Waals surface area contributed by atoms with E-state index in [-0.39, 0.29) is 89.5 Å². The summed E-state index contributed by atoms with van der Waals surface area (Å²) in [7, 11) is 1.51. The number of ether oxygens (including phenoxy) is 4. The number of carbonyl (C=O) groups excluding carboxylic acids is 6. The first-order valence-corrected chi connectivity index (χ1v) is 23.2. The number of piperidine rings is 1. The highest BCUT2D eigenvalue weighted by atomic mass is 35.5. The van der Waals surface area contributed by atoms with Crippen LogP contribution in [0.25, 0.3) is 11.1 Å². The zero-order valence-electron chi connectivity index (χ0n) is 37.8. The van der Waals surface area contributed by atoms with Crippen LogP contribution in [-0.2, 0) is 28.6 Å². The minimum Gasteiger partial charge on any atom is -0.488 e. The van der Waals surface area contributed by atoms with Crippen molar-refractivity contribution in [1.82, 2.24) is 20.9 Å². The number of nitrogens with two attached hydrogens (primary N) is 1. The standard InChI is InChI=1S/C50H56ClFN6O10/c1-65-24-27-68-41-18-15-34(46(53)60)43(45(41)52)36-28-32(12-16-38(36)51)37(30-6-3-2-4-7-30)29-56-33-13-10-31(11-14-33)47(61)55-21-23-67-26-25-66-22-20-54-39-9-5-8-35-44(39)50(64)58(49(35)63)40-17-19-42(59)57-48(40)62/h2-9,12,15-16,18,28,31,33,37,40,54,56H,10-11,13-14,17,19-27,29H2,1H3,(H2,53,60)(H,55,61)(H,57,59,62). The highest BCUT2D eigenvalue weighted by molar-refractivity contribution is 6.33. The summed E-state index contributed by atoms with van der Waals surface area (Å²) in [5, 5.41) is 12.3. The number of anilines is 1. The normalized spacial score (nSPS) is 18.5. The van der Waals surface area contributed by atoms with Gasteiger partial charge in [-0.25, -0.2) is 4.39 Å². The highest BCUT2D eigenvalue weighted by Crippen LogP contribution is 2.40. The first-order chi connectivity index (χ1) is 33.0. The fourth-order valence-electron chi connectivity index (χ4n) is 8.91. The molecule has 1 saturated heterocycles. The molecule has 2 fully saturated rings. The van der Waals surface area contributed by atoms with Crippen molar-refractivity contribution in [3.8, 4) is 16.9 Å². The van der Waals surface area contributed by atoms with E-state index in [1.165, 1.54) is 25.3 Å². The van der Waals surface area contributed by atoms with Crippen LogP contribution in [0.1, 0.15) is 86.6 Å². The summed E-state index contributed by atoms with van der Waals surface area (Å²) < 4.78 is 38.1. The van der Waals surface area contributed by atoms with Crippen LogP contribution in [0.3, 0.4) is 0 Å². The summed E-state index contributed by atoms with van der Waals surface area (Å²) in [5.74, 6) is -4.13. The summed E-state index contributed by atoms with van der Waals surface area (Å²) in [6.07, 6.45) is 3.18. The summed E-state index contributed by atoms with van der Waals surface area (Å²) in [5.41, 5.74) is 8.70. The minimum absolute atomic E-state index is 0.00577. The van der Waals surface area contributed by atoms with Gasteiger partial charge < -0.3 is 40.6 Å². The molecule has 4 aromatic rings. The molecule has 7 rings (SSSR count). The molecule has 6 N–H and O–H groups in total. The van der Waals surface area contributed by atoms with E-state index in [9.17, 15) is 28.8 Å². The zero-order valence-corrected chi connectivity index (χ0v) is 38.5. The van der Waals surface area contributed by atoms with Crippen LogP contribution in [0.2, 0.25) is 5.02 Å². The van der Waals surface area contributed by atoms with E-state index >= 15 is 4.39 Å². The van der Waals surface area contributed by atoms with Crippen molar-refractivity contribution in [1.29, 1.82) is 0 Å². The summed E-state index contributed by atoms with van der Waals surface area (Å²) in [4.78, 5) is 76.9. The van der Waals surface area contributed by atoms with Gasteiger partial charge in [0.25, 0.3) is 11.8 Å². The second kappa shape index (κ2) is 23.7. The summed E-state index contributed by atoms with van der Waals surface area (Å²) >= 11 is 6.71. The third kappa shape index (κ3) is 11.9. The molecule has 0 spiro atoms. The second-order valence-corrected chi connectivity index (χ2v) is 17.2. The number of imide groups is 2. The van der Waals surface area contributed by atoms with E-state index in [0.29, 0.717) is 50.7 Å². The Morgan fingerprint density at radius 3 is 2.28 bits per heavy atom. The lowest BCUT2D eigenvalue weighted by molar-refractivity contribution is -0.136. The molecule has 6 amide bonds. The summed E-state index contributed by atoms with van der Waals surface area (Å²) in [6, 6.07) is 22.2. The number of fused-ring (bicyclic) bond motifs is 1. The number of amides is 6. The zero-order chi connectivity index (χ0) is 48.2. The maximum absolute atomic E-state index is 16.1. The van der Waals surface area contributed by atoms with Crippen LogP contribution in [0, 0.1) is 11.7 Å². The summed E-state index contributed by atoms with van der Waals surface area (Å²) in [6.45, 7) is 2.83. The maximum Gasteiger partial charge on any atom is 0.264 e. The van der Waals surface area contributed by atoms with Gasteiger partial charge in [-0.05, 0) is 79.6 Å². The number of carbonyl (C=O) groups is 6. The first-order valence-electron chi connectivity index (χ1n) is 22.8. The van der Waals surface area contributed by atoms with Crippen molar-refractivity contribution in [3.63, 3.8) is 0 Å². The molecular weight excluding hydrogens is 899 g/mol. The van der Waals surface area contributed by atoms with Crippen LogP contribution in [0.5, 0.6) is 5.75 Å². The van der Waals surface area contributed by atoms with Gasteiger partial charge in [-0.3, -0.25) is 39.0 Å². The van der Waals surface area contributed by atoms with Gasteiger partial charge in [0.05, 0.1) is 49.7 Å². The molecule has 2 atom stereocenters. The Morgan fingerprint density at radius 2 is 1.56 bits per heavy atom. The molecule has 0 radical (unpaired) electrons. The second-order valence-electron chi connectivity index (χ2n) is 16.8. The Hall–Kier alpha value is -6.24. The molecule has 0 aromatic heterocycles. The molecule has 360 valence electrons.